The highest BCUT2D eigenvalue weighted by Crippen LogP contribution is 2.38. The van der Waals surface area contributed by atoms with E-state index in [2.05, 4.69) is 21.2 Å². The number of nitrogens with one attached hydrogen (secondary N) is 1. The van der Waals surface area contributed by atoms with Crippen LogP contribution in [-0.4, -0.2) is 37.0 Å². The van der Waals surface area contributed by atoms with E-state index in [4.69, 9.17) is 26.8 Å². The quantitative estimate of drug-likeness (QED) is 0.425. The van der Waals surface area contributed by atoms with E-state index in [1.54, 1.807) is 25.1 Å². The minimum absolute atomic E-state index is 0.213. The summed E-state index contributed by atoms with van der Waals surface area (Å²) in [6, 6.07) is 8.32. The van der Waals surface area contributed by atoms with Crippen molar-refractivity contribution in [1.29, 1.82) is 0 Å². The lowest BCUT2D eigenvalue weighted by atomic mass is 10.1. The van der Waals surface area contributed by atoms with Crippen molar-refractivity contribution in [2.24, 2.45) is 5.73 Å². The van der Waals surface area contributed by atoms with Gasteiger partial charge in [-0.3, -0.25) is 19.7 Å². The van der Waals surface area contributed by atoms with E-state index >= 15 is 0 Å². The van der Waals surface area contributed by atoms with E-state index in [-0.39, 0.29) is 36.0 Å². The van der Waals surface area contributed by atoms with E-state index < -0.39 is 23.8 Å². The molecule has 1 aliphatic heterocycles. The summed E-state index contributed by atoms with van der Waals surface area (Å²) in [6.45, 7) is 1.68. The maximum atomic E-state index is 13.0. The SMILES string of the molecule is CCOc1cc(/C=C2\C(=O)NC(=O)N(c3cccc(Cl)c3)C2=O)cc(Br)c1OCC(N)=O. The second-order valence-electron chi connectivity index (χ2n) is 6.46. The molecule has 0 bridgehead atoms. The van der Waals surface area contributed by atoms with Gasteiger partial charge in [0.25, 0.3) is 17.7 Å². The molecule has 3 N–H and O–H groups in total. The maximum Gasteiger partial charge on any atom is 0.335 e. The van der Waals surface area contributed by atoms with Gasteiger partial charge in [0, 0.05) is 5.02 Å². The number of hydrogen-bond donors (Lipinski definition) is 2. The fourth-order valence-electron chi connectivity index (χ4n) is 2.89. The minimum atomic E-state index is -0.884. The summed E-state index contributed by atoms with van der Waals surface area (Å²) in [7, 11) is 0. The van der Waals surface area contributed by atoms with Gasteiger partial charge in [-0.15, -0.1) is 0 Å². The van der Waals surface area contributed by atoms with Gasteiger partial charge in [-0.2, -0.15) is 0 Å². The fourth-order valence-corrected chi connectivity index (χ4v) is 3.65. The predicted molar refractivity (Wildman–Crippen MR) is 120 cm³/mol. The fraction of sp³-hybridized carbons (Fsp3) is 0.143. The zero-order valence-electron chi connectivity index (χ0n) is 16.7. The van der Waals surface area contributed by atoms with Gasteiger partial charge in [-0.25, -0.2) is 9.69 Å². The molecular formula is C21H17BrClN3O6. The third kappa shape index (κ3) is 5.09. The topological polar surface area (TPSA) is 128 Å². The molecule has 1 saturated heterocycles. The number of ether oxygens (including phenoxy) is 2. The molecule has 11 heteroatoms. The van der Waals surface area contributed by atoms with Gasteiger partial charge in [0.2, 0.25) is 0 Å². The summed E-state index contributed by atoms with van der Waals surface area (Å²) in [4.78, 5) is 49.6. The van der Waals surface area contributed by atoms with Gasteiger partial charge in [0.15, 0.2) is 18.1 Å². The molecule has 166 valence electrons. The number of carbonyl (C=O) groups excluding carboxylic acids is 4. The second kappa shape index (κ2) is 9.84. The van der Waals surface area contributed by atoms with Crippen molar-refractivity contribution in [3.8, 4) is 11.5 Å². The number of hydrogen-bond acceptors (Lipinski definition) is 6. The molecule has 9 nitrogen and oxygen atoms in total. The Hall–Kier alpha value is -3.37. The smallest absolute Gasteiger partial charge is 0.335 e. The molecule has 1 heterocycles. The Balaban J connectivity index is 2.01. The molecule has 0 spiro atoms. The third-order valence-electron chi connectivity index (χ3n) is 4.17. The first-order chi connectivity index (χ1) is 15.2. The van der Waals surface area contributed by atoms with Crippen molar-refractivity contribution in [3.63, 3.8) is 0 Å². The number of rotatable bonds is 7. The Labute approximate surface area is 196 Å². The summed E-state index contributed by atoms with van der Waals surface area (Å²) >= 11 is 9.30. The Morgan fingerprint density at radius 2 is 1.97 bits per heavy atom. The van der Waals surface area contributed by atoms with Crippen molar-refractivity contribution in [2.45, 2.75) is 6.92 Å². The van der Waals surface area contributed by atoms with E-state index in [0.29, 0.717) is 15.1 Å². The first kappa shape index (κ1) is 23.3. The van der Waals surface area contributed by atoms with Crippen LogP contribution in [0.15, 0.2) is 46.4 Å². The van der Waals surface area contributed by atoms with Crippen LogP contribution in [0, 0.1) is 0 Å². The van der Waals surface area contributed by atoms with Gasteiger partial charge >= 0.3 is 6.03 Å². The van der Waals surface area contributed by atoms with Crippen molar-refractivity contribution in [3.05, 3.63) is 57.0 Å². The highest BCUT2D eigenvalue weighted by atomic mass is 79.9. The number of imide groups is 2. The van der Waals surface area contributed by atoms with Gasteiger partial charge in [0.1, 0.15) is 5.57 Å². The van der Waals surface area contributed by atoms with Crippen molar-refractivity contribution < 1.29 is 28.7 Å². The summed E-state index contributed by atoms with van der Waals surface area (Å²) in [6.07, 6.45) is 1.31. The number of primary amides is 1. The van der Waals surface area contributed by atoms with Crippen LogP contribution in [0.1, 0.15) is 12.5 Å². The second-order valence-corrected chi connectivity index (χ2v) is 7.75. The van der Waals surface area contributed by atoms with Crippen LogP contribution < -0.4 is 25.4 Å². The molecule has 1 fully saturated rings. The van der Waals surface area contributed by atoms with Crippen LogP contribution in [-0.2, 0) is 14.4 Å². The standard InChI is InChI=1S/C21H17BrClN3O6/c1-2-31-16-8-11(7-15(22)18(16)32-10-17(24)27)6-14-19(28)25-21(30)26(20(14)29)13-5-3-4-12(23)9-13/h3-9H,2,10H2,1H3,(H2,24,27)(H,25,28,30)/b14-6+. The zero-order valence-corrected chi connectivity index (χ0v) is 19.0. The number of anilines is 1. The Morgan fingerprint density at radius 1 is 1.22 bits per heavy atom. The third-order valence-corrected chi connectivity index (χ3v) is 4.99. The zero-order chi connectivity index (χ0) is 23.4. The van der Waals surface area contributed by atoms with E-state index in [1.807, 2.05) is 0 Å². The Bertz CT molecular complexity index is 1150. The van der Waals surface area contributed by atoms with E-state index in [0.717, 1.165) is 4.90 Å². The van der Waals surface area contributed by atoms with E-state index in [1.165, 1.54) is 24.3 Å². The van der Waals surface area contributed by atoms with Crippen LogP contribution in [0.3, 0.4) is 0 Å². The van der Waals surface area contributed by atoms with Crippen LogP contribution in [0.5, 0.6) is 11.5 Å². The molecule has 0 radical (unpaired) electrons. The van der Waals surface area contributed by atoms with Crippen LogP contribution in [0.2, 0.25) is 5.02 Å². The molecular weight excluding hydrogens is 506 g/mol. The van der Waals surface area contributed by atoms with Gasteiger partial charge in [-0.05, 0) is 64.8 Å². The highest BCUT2D eigenvalue weighted by Gasteiger charge is 2.37. The molecule has 3 rings (SSSR count). The summed E-state index contributed by atoms with van der Waals surface area (Å²) in [5.74, 6) is -1.82. The summed E-state index contributed by atoms with van der Waals surface area (Å²) in [5.41, 5.74) is 5.48. The maximum absolute atomic E-state index is 13.0. The molecule has 32 heavy (non-hydrogen) atoms. The highest BCUT2D eigenvalue weighted by molar-refractivity contribution is 9.10. The summed E-state index contributed by atoms with van der Waals surface area (Å²) < 4.78 is 11.3. The van der Waals surface area contributed by atoms with Gasteiger partial charge in [0.05, 0.1) is 16.8 Å². The lowest BCUT2D eigenvalue weighted by molar-refractivity contribution is -0.123. The Kier molecular flexibility index (Phi) is 7.16. The molecule has 5 amide bonds. The average molecular weight is 523 g/mol. The molecule has 0 aliphatic carbocycles. The van der Waals surface area contributed by atoms with Crippen molar-refractivity contribution in [2.75, 3.05) is 18.1 Å². The van der Waals surface area contributed by atoms with E-state index in [9.17, 15) is 19.2 Å². The number of nitrogens with two attached hydrogens (primary N) is 1. The average Bonchev–Trinajstić information content (AvgIpc) is 2.70. The number of barbiturate groups is 1. The number of amides is 5. The molecule has 0 atom stereocenters. The van der Waals surface area contributed by atoms with Gasteiger partial charge < -0.3 is 15.2 Å². The Morgan fingerprint density at radius 3 is 2.62 bits per heavy atom. The largest absolute Gasteiger partial charge is 0.490 e. The number of carbonyl (C=O) groups is 4. The van der Waals surface area contributed by atoms with Crippen molar-refractivity contribution in [1.82, 2.24) is 5.32 Å². The first-order valence-electron chi connectivity index (χ1n) is 9.25. The minimum Gasteiger partial charge on any atom is -0.490 e. The summed E-state index contributed by atoms with van der Waals surface area (Å²) in [5, 5.41) is 2.47. The number of benzene rings is 2. The molecule has 2 aromatic rings. The van der Waals surface area contributed by atoms with Crippen LogP contribution in [0.4, 0.5) is 10.5 Å². The predicted octanol–water partition coefficient (Wildman–Crippen LogP) is 3.03. The lowest BCUT2D eigenvalue weighted by Crippen LogP contribution is -2.54. The first-order valence-corrected chi connectivity index (χ1v) is 10.4. The van der Waals surface area contributed by atoms with Crippen LogP contribution >= 0.6 is 27.5 Å². The lowest BCUT2D eigenvalue weighted by Gasteiger charge is -2.26. The molecule has 0 aromatic heterocycles. The monoisotopic (exact) mass is 521 g/mol. The number of urea groups is 1. The normalized spacial score (nSPS) is 15.0. The van der Waals surface area contributed by atoms with Crippen molar-refractivity contribution >= 4 is 63.0 Å². The molecule has 1 aliphatic rings. The van der Waals surface area contributed by atoms with Gasteiger partial charge in [-0.1, -0.05) is 17.7 Å². The molecule has 2 aromatic carbocycles. The number of nitrogens with zero attached hydrogens (tertiary/aromatic N) is 1. The molecule has 0 saturated carbocycles. The molecule has 0 unspecified atom stereocenters. The number of halogens is 2. The van der Waals surface area contributed by atoms with Crippen LogP contribution in [0.25, 0.3) is 6.08 Å².